The number of aromatic nitrogens is 3. The lowest BCUT2D eigenvalue weighted by molar-refractivity contribution is -0.116. The van der Waals surface area contributed by atoms with Crippen molar-refractivity contribution in [2.75, 3.05) is 18.9 Å². The van der Waals surface area contributed by atoms with Crippen LogP contribution in [0.2, 0.25) is 5.15 Å². The van der Waals surface area contributed by atoms with Crippen molar-refractivity contribution in [2.24, 2.45) is 0 Å². The van der Waals surface area contributed by atoms with E-state index in [-0.39, 0.29) is 17.3 Å². The lowest BCUT2D eigenvalue weighted by Crippen LogP contribution is -2.35. The number of carbonyl (C=O) groups excluding carboxylic acids is 2. The number of aryl methyl sites for hydroxylation is 2. The first-order valence-electron chi connectivity index (χ1n) is 8.16. The van der Waals surface area contributed by atoms with Crippen LogP contribution in [0.3, 0.4) is 0 Å². The number of para-hydroxylation sites is 1. The molecule has 0 bridgehead atoms. The smallest absolute Gasteiger partial charge is 0.259 e. The second-order valence-corrected chi connectivity index (χ2v) is 6.39. The van der Waals surface area contributed by atoms with Crippen LogP contribution in [0.1, 0.15) is 21.8 Å². The molecule has 0 radical (unpaired) electrons. The van der Waals surface area contributed by atoms with Gasteiger partial charge in [0.1, 0.15) is 10.9 Å². The summed E-state index contributed by atoms with van der Waals surface area (Å²) in [6, 6.07) is 10.8. The number of hydrogen-bond donors (Lipinski definition) is 1. The first-order chi connectivity index (χ1) is 12.9. The van der Waals surface area contributed by atoms with E-state index in [0.29, 0.717) is 17.3 Å². The molecule has 3 aromatic rings. The number of amides is 2. The minimum Gasteiger partial charge on any atom is -0.360 e. The van der Waals surface area contributed by atoms with E-state index in [2.05, 4.69) is 15.6 Å². The van der Waals surface area contributed by atoms with Gasteiger partial charge in [-0.2, -0.15) is 5.10 Å². The lowest BCUT2D eigenvalue weighted by Gasteiger charge is -2.16. The Kier molecular flexibility index (Phi) is 5.27. The third-order valence-electron chi connectivity index (χ3n) is 3.84. The minimum atomic E-state index is -0.400. The van der Waals surface area contributed by atoms with Gasteiger partial charge in [0.15, 0.2) is 5.82 Å². The molecule has 0 aliphatic heterocycles. The Morgan fingerprint density at radius 1 is 1.26 bits per heavy atom. The molecule has 0 saturated heterocycles. The molecule has 0 fully saturated rings. The van der Waals surface area contributed by atoms with Crippen LogP contribution in [-0.4, -0.2) is 45.2 Å². The number of anilines is 1. The SMILES string of the molecule is Cc1cc(NC(=O)CN(C)C(=O)c2c(C)nn(-c3ccccc3)c2Cl)no1. The number of carbonyl (C=O) groups is 2. The van der Waals surface area contributed by atoms with Crippen LogP contribution in [0.4, 0.5) is 5.82 Å². The zero-order valence-electron chi connectivity index (χ0n) is 15.1. The van der Waals surface area contributed by atoms with Crippen LogP contribution in [0.5, 0.6) is 0 Å². The van der Waals surface area contributed by atoms with Gasteiger partial charge in [-0.1, -0.05) is 35.0 Å². The molecule has 0 aliphatic carbocycles. The molecule has 140 valence electrons. The van der Waals surface area contributed by atoms with E-state index < -0.39 is 11.8 Å². The van der Waals surface area contributed by atoms with Gasteiger partial charge in [0.25, 0.3) is 5.91 Å². The largest absolute Gasteiger partial charge is 0.360 e. The van der Waals surface area contributed by atoms with Crippen molar-refractivity contribution in [2.45, 2.75) is 13.8 Å². The average molecular weight is 388 g/mol. The van der Waals surface area contributed by atoms with Gasteiger partial charge >= 0.3 is 0 Å². The zero-order valence-corrected chi connectivity index (χ0v) is 15.8. The fourth-order valence-corrected chi connectivity index (χ4v) is 2.92. The molecule has 0 atom stereocenters. The summed E-state index contributed by atoms with van der Waals surface area (Å²) < 4.78 is 6.39. The summed E-state index contributed by atoms with van der Waals surface area (Å²) in [6.45, 7) is 3.25. The van der Waals surface area contributed by atoms with Crippen LogP contribution in [0.25, 0.3) is 5.69 Å². The fourth-order valence-electron chi connectivity index (χ4n) is 2.57. The van der Waals surface area contributed by atoms with E-state index in [4.69, 9.17) is 16.1 Å². The summed E-state index contributed by atoms with van der Waals surface area (Å²) in [5, 5.41) is 10.8. The molecule has 9 heteroatoms. The Hall–Kier alpha value is -3.13. The van der Waals surface area contributed by atoms with Crippen LogP contribution in [-0.2, 0) is 4.79 Å². The molecular weight excluding hydrogens is 370 g/mol. The molecule has 1 N–H and O–H groups in total. The molecule has 0 spiro atoms. The molecular formula is C18H18ClN5O3. The summed E-state index contributed by atoms with van der Waals surface area (Å²) in [5.41, 5.74) is 1.48. The highest BCUT2D eigenvalue weighted by Gasteiger charge is 2.25. The van der Waals surface area contributed by atoms with Crippen LogP contribution >= 0.6 is 11.6 Å². The maximum atomic E-state index is 12.8. The minimum absolute atomic E-state index is 0.170. The third kappa shape index (κ3) is 4.01. The Morgan fingerprint density at radius 2 is 1.96 bits per heavy atom. The van der Waals surface area contributed by atoms with Crippen molar-refractivity contribution in [1.82, 2.24) is 19.8 Å². The van der Waals surface area contributed by atoms with Gasteiger partial charge in [-0.05, 0) is 26.0 Å². The highest BCUT2D eigenvalue weighted by Crippen LogP contribution is 2.24. The van der Waals surface area contributed by atoms with E-state index >= 15 is 0 Å². The molecule has 2 heterocycles. The first-order valence-corrected chi connectivity index (χ1v) is 8.53. The van der Waals surface area contributed by atoms with E-state index in [1.165, 1.54) is 16.6 Å². The second-order valence-electron chi connectivity index (χ2n) is 6.03. The number of hydrogen-bond acceptors (Lipinski definition) is 5. The second kappa shape index (κ2) is 7.63. The maximum absolute atomic E-state index is 12.8. The van der Waals surface area contributed by atoms with E-state index in [1.54, 1.807) is 19.9 Å². The van der Waals surface area contributed by atoms with E-state index in [9.17, 15) is 9.59 Å². The lowest BCUT2D eigenvalue weighted by atomic mass is 10.2. The molecule has 27 heavy (non-hydrogen) atoms. The predicted octanol–water partition coefficient (Wildman–Crippen LogP) is 2.84. The predicted molar refractivity (Wildman–Crippen MR) is 100 cm³/mol. The van der Waals surface area contributed by atoms with Crippen molar-refractivity contribution in [3.8, 4) is 5.69 Å². The Morgan fingerprint density at radius 3 is 2.59 bits per heavy atom. The zero-order chi connectivity index (χ0) is 19.6. The Bertz CT molecular complexity index is 980. The van der Waals surface area contributed by atoms with Crippen LogP contribution in [0.15, 0.2) is 40.9 Å². The summed E-state index contributed by atoms with van der Waals surface area (Å²) in [5.74, 6) is 0.0736. The highest BCUT2D eigenvalue weighted by atomic mass is 35.5. The standard InChI is InChI=1S/C18H18ClN5O3/c1-11-9-14(22-27-11)20-15(25)10-23(3)18(26)16-12(2)21-24(17(16)19)13-7-5-4-6-8-13/h4-9H,10H2,1-3H3,(H,20,22,25). The van der Waals surface area contributed by atoms with Gasteiger partial charge in [0.05, 0.1) is 23.5 Å². The number of rotatable bonds is 5. The summed E-state index contributed by atoms with van der Waals surface area (Å²) in [4.78, 5) is 26.2. The maximum Gasteiger partial charge on any atom is 0.259 e. The fraction of sp³-hybridized carbons (Fsp3) is 0.222. The monoisotopic (exact) mass is 387 g/mol. The third-order valence-corrected chi connectivity index (χ3v) is 4.19. The van der Waals surface area contributed by atoms with Crippen LogP contribution < -0.4 is 5.32 Å². The Balaban J connectivity index is 1.75. The molecule has 8 nitrogen and oxygen atoms in total. The van der Waals surface area contributed by atoms with E-state index in [1.807, 2.05) is 30.3 Å². The number of nitrogens with one attached hydrogen (secondary N) is 1. The number of halogens is 1. The van der Waals surface area contributed by atoms with Gasteiger partial charge < -0.3 is 14.7 Å². The quantitative estimate of drug-likeness (QED) is 0.726. The van der Waals surface area contributed by atoms with Crippen molar-refractivity contribution in [3.63, 3.8) is 0 Å². The molecule has 1 aromatic carbocycles. The van der Waals surface area contributed by atoms with E-state index in [0.717, 1.165) is 5.69 Å². The van der Waals surface area contributed by atoms with Gasteiger partial charge in [-0.15, -0.1) is 0 Å². The molecule has 2 aromatic heterocycles. The normalized spacial score (nSPS) is 10.7. The van der Waals surface area contributed by atoms with Crippen molar-refractivity contribution < 1.29 is 14.1 Å². The van der Waals surface area contributed by atoms with Crippen molar-refractivity contribution in [3.05, 3.63) is 58.6 Å². The molecule has 0 aliphatic rings. The molecule has 0 unspecified atom stereocenters. The van der Waals surface area contributed by atoms with Crippen LogP contribution in [0, 0.1) is 13.8 Å². The highest BCUT2D eigenvalue weighted by molar-refractivity contribution is 6.33. The molecule has 2 amide bonds. The molecule has 0 saturated carbocycles. The summed E-state index contributed by atoms with van der Waals surface area (Å²) in [7, 11) is 1.52. The van der Waals surface area contributed by atoms with Crippen molar-refractivity contribution in [1.29, 1.82) is 0 Å². The van der Waals surface area contributed by atoms with Crippen molar-refractivity contribution >= 4 is 29.2 Å². The summed E-state index contributed by atoms with van der Waals surface area (Å²) in [6.07, 6.45) is 0. The van der Waals surface area contributed by atoms with Gasteiger partial charge in [0, 0.05) is 13.1 Å². The number of nitrogens with zero attached hydrogens (tertiary/aromatic N) is 4. The topological polar surface area (TPSA) is 93.3 Å². The molecule has 3 rings (SSSR count). The number of likely N-dealkylation sites (N-methyl/N-ethyl adjacent to an activating group) is 1. The average Bonchev–Trinajstić information content (AvgIpc) is 3.17. The Labute approximate surface area is 160 Å². The summed E-state index contributed by atoms with van der Waals surface area (Å²) >= 11 is 6.40. The van der Waals surface area contributed by atoms with Gasteiger partial charge in [-0.25, -0.2) is 4.68 Å². The van der Waals surface area contributed by atoms with Gasteiger partial charge in [0.2, 0.25) is 5.91 Å². The first kappa shape index (κ1) is 18.7. The number of benzene rings is 1. The van der Waals surface area contributed by atoms with Gasteiger partial charge in [-0.3, -0.25) is 9.59 Å².